The molecular formula is C20H16O4. The largest absolute Gasteiger partial charge is 0.425 e. The zero-order valence-corrected chi connectivity index (χ0v) is 13.5. The Morgan fingerprint density at radius 1 is 0.833 bits per heavy atom. The quantitative estimate of drug-likeness (QED) is 0.405. The number of ether oxygens (including phenoxy) is 2. The van der Waals surface area contributed by atoms with Crippen molar-refractivity contribution in [1.82, 2.24) is 0 Å². The molecule has 0 radical (unpaired) electrons. The van der Waals surface area contributed by atoms with Gasteiger partial charge in [0.25, 0.3) is 0 Å². The van der Waals surface area contributed by atoms with Crippen LogP contribution in [0.5, 0.6) is 11.5 Å². The zero-order chi connectivity index (χ0) is 17.3. The van der Waals surface area contributed by atoms with E-state index in [1.54, 1.807) is 6.08 Å². The van der Waals surface area contributed by atoms with Crippen LogP contribution in [-0.4, -0.2) is 11.9 Å². The monoisotopic (exact) mass is 320 g/mol. The second kappa shape index (κ2) is 6.16. The van der Waals surface area contributed by atoms with Crippen molar-refractivity contribution in [1.29, 1.82) is 0 Å². The molecule has 4 nitrogen and oxygen atoms in total. The van der Waals surface area contributed by atoms with E-state index in [4.69, 9.17) is 9.47 Å². The van der Waals surface area contributed by atoms with E-state index in [0.29, 0.717) is 33.0 Å². The van der Waals surface area contributed by atoms with Gasteiger partial charge >= 0.3 is 11.9 Å². The second-order valence-electron chi connectivity index (χ2n) is 5.40. The highest BCUT2D eigenvalue weighted by molar-refractivity contribution is 6.13. The van der Waals surface area contributed by atoms with Crippen molar-refractivity contribution >= 4 is 39.6 Å². The molecule has 0 spiro atoms. The van der Waals surface area contributed by atoms with Crippen LogP contribution in [0.4, 0.5) is 0 Å². The SMILES string of the molecule is C=Cc1ccc2c(OC(C)=O)c3ccccc3c(OC(C)=O)c2c1. The van der Waals surface area contributed by atoms with E-state index < -0.39 is 11.9 Å². The Labute approximate surface area is 139 Å². The summed E-state index contributed by atoms with van der Waals surface area (Å²) in [5.74, 6) is 0.0903. The summed E-state index contributed by atoms with van der Waals surface area (Å²) in [6.07, 6.45) is 1.71. The summed E-state index contributed by atoms with van der Waals surface area (Å²) < 4.78 is 11.0. The van der Waals surface area contributed by atoms with E-state index in [1.807, 2.05) is 42.5 Å². The summed E-state index contributed by atoms with van der Waals surface area (Å²) in [5.41, 5.74) is 0.875. The molecule has 0 atom stereocenters. The minimum absolute atomic E-state index is 0.408. The number of fused-ring (bicyclic) bond motifs is 2. The number of hydrogen-bond donors (Lipinski definition) is 0. The number of hydrogen-bond acceptors (Lipinski definition) is 4. The maximum Gasteiger partial charge on any atom is 0.308 e. The van der Waals surface area contributed by atoms with E-state index in [0.717, 1.165) is 5.56 Å². The Morgan fingerprint density at radius 3 is 1.83 bits per heavy atom. The van der Waals surface area contributed by atoms with Crippen LogP contribution < -0.4 is 9.47 Å². The van der Waals surface area contributed by atoms with E-state index in [9.17, 15) is 9.59 Å². The molecule has 0 unspecified atom stereocenters. The van der Waals surface area contributed by atoms with Gasteiger partial charge in [-0.3, -0.25) is 9.59 Å². The number of rotatable bonds is 3. The molecule has 3 aromatic rings. The number of benzene rings is 3. The first-order chi connectivity index (χ1) is 11.5. The lowest BCUT2D eigenvalue weighted by Gasteiger charge is -2.15. The first-order valence-corrected chi connectivity index (χ1v) is 7.49. The first kappa shape index (κ1) is 15.7. The van der Waals surface area contributed by atoms with Gasteiger partial charge in [-0.05, 0) is 17.7 Å². The average Bonchev–Trinajstić information content (AvgIpc) is 2.56. The summed E-state index contributed by atoms with van der Waals surface area (Å²) >= 11 is 0. The van der Waals surface area contributed by atoms with Gasteiger partial charge < -0.3 is 9.47 Å². The average molecular weight is 320 g/mol. The maximum absolute atomic E-state index is 11.6. The summed E-state index contributed by atoms with van der Waals surface area (Å²) in [6.45, 7) is 6.49. The molecule has 0 saturated heterocycles. The highest BCUT2D eigenvalue weighted by atomic mass is 16.5. The fourth-order valence-corrected chi connectivity index (χ4v) is 2.75. The Morgan fingerprint density at radius 2 is 1.33 bits per heavy atom. The van der Waals surface area contributed by atoms with Crippen molar-refractivity contribution in [2.75, 3.05) is 0 Å². The van der Waals surface area contributed by atoms with Crippen molar-refractivity contribution in [2.45, 2.75) is 13.8 Å². The van der Waals surface area contributed by atoms with E-state index in [-0.39, 0.29) is 0 Å². The molecule has 0 heterocycles. The third kappa shape index (κ3) is 2.74. The molecule has 4 heteroatoms. The molecule has 3 rings (SSSR count). The van der Waals surface area contributed by atoms with Crippen molar-refractivity contribution in [3.8, 4) is 11.5 Å². The number of carbonyl (C=O) groups is 2. The van der Waals surface area contributed by atoms with Gasteiger partial charge in [0, 0.05) is 35.4 Å². The molecule has 3 aromatic carbocycles. The van der Waals surface area contributed by atoms with Crippen LogP contribution in [0.25, 0.3) is 27.6 Å². The van der Waals surface area contributed by atoms with Gasteiger partial charge in [0.05, 0.1) is 0 Å². The minimum atomic E-state index is -0.411. The molecule has 0 aliphatic heterocycles. The fraction of sp³-hybridized carbons (Fsp3) is 0.100. The van der Waals surface area contributed by atoms with Gasteiger partial charge in [-0.1, -0.05) is 43.0 Å². The standard InChI is InChI=1S/C20H16O4/c1-4-14-9-10-17-18(11-14)20(24-13(3)22)16-8-6-5-7-15(16)19(17)23-12(2)21/h4-11H,1H2,2-3H3. The number of esters is 2. The first-order valence-electron chi connectivity index (χ1n) is 7.49. The lowest BCUT2D eigenvalue weighted by atomic mass is 9.98. The van der Waals surface area contributed by atoms with Crippen LogP contribution in [0.15, 0.2) is 49.0 Å². The van der Waals surface area contributed by atoms with Crippen LogP contribution in [0.1, 0.15) is 19.4 Å². The van der Waals surface area contributed by atoms with Crippen LogP contribution in [0.2, 0.25) is 0 Å². The molecule has 0 saturated carbocycles. The van der Waals surface area contributed by atoms with E-state index >= 15 is 0 Å². The van der Waals surface area contributed by atoms with Crippen molar-refractivity contribution in [2.24, 2.45) is 0 Å². The van der Waals surface area contributed by atoms with Gasteiger partial charge in [0.2, 0.25) is 0 Å². The molecule has 0 aromatic heterocycles. The highest BCUT2D eigenvalue weighted by Crippen LogP contribution is 2.43. The molecular weight excluding hydrogens is 304 g/mol. The Hall–Kier alpha value is -3.14. The molecule has 0 bridgehead atoms. The van der Waals surface area contributed by atoms with Crippen LogP contribution in [-0.2, 0) is 9.59 Å². The van der Waals surface area contributed by atoms with Crippen LogP contribution in [0, 0.1) is 0 Å². The van der Waals surface area contributed by atoms with E-state index in [2.05, 4.69) is 6.58 Å². The second-order valence-corrected chi connectivity index (χ2v) is 5.40. The van der Waals surface area contributed by atoms with Crippen molar-refractivity contribution < 1.29 is 19.1 Å². The topological polar surface area (TPSA) is 52.6 Å². The molecule has 0 fully saturated rings. The van der Waals surface area contributed by atoms with Crippen LogP contribution in [0.3, 0.4) is 0 Å². The van der Waals surface area contributed by atoms with Gasteiger partial charge in [-0.2, -0.15) is 0 Å². The predicted octanol–water partition coefficient (Wildman–Crippen LogP) is 4.49. The van der Waals surface area contributed by atoms with Gasteiger partial charge in [-0.15, -0.1) is 0 Å². The molecule has 120 valence electrons. The Kier molecular flexibility index (Phi) is 4.04. The molecule has 0 aliphatic rings. The van der Waals surface area contributed by atoms with E-state index in [1.165, 1.54) is 13.8 Å². The van der Waals surface area contributed by atoms with Gasteiger partial charge in [0.15, 0.2) is 0 Å². The highest BCUT2D eigenvalue weighted by Gasteiger charge is 2.18. The van der Waals surface area contributed by atoms with Gasteiger partial charge in [-0.25, -0.2) is 0 Å². The zero-order valence-electron chi connectivity index (χ0n) is 13.5. The lowest BCUT2D eigenvalue weighted by Crippen LogP contribution is -2.06. The minimum Gasteiger partial charge on any atom is -0.425 e. The lowest BCUT2D eigenvalue weighted by molar-refractivity contribution is -0.132. The van der Waals surface area contributed by atoms with Crippen molar-refractivity contribution in [3.05, 3.63) is 54.6 Å². The summed E-state index contributed by atoms with van der Waals surface area (Å²) in [5, 5.41) is 2.81. The normalized spacial score (nSPS) is 10.6. The molecule has 24 heavy (non-hydrogen) atoms. The maximum atomic E-state index is 11.6. The summed E-state index contributed by atoms with van der Waals surface area (Å²) in [6, 6.07) is 12.9. The summed E-state index contributed by atoms with van der Waals surface area (Å²) in [7, 11) is 0. The number of carbonyl (C=O) groups excluding carboxylic acids is 2. The molecule has 0 N–H and O–H groups in total. The Bertz CT molecular complexity index is 986. The van der Waals surface area contributed by atoms with Crippen molar-refractivity contribution in [3.63, 3.8) is 0 Å². The predicted molar refractivity (Wildman–Crippen MR) is 94.2 cm³/mol. The van der Waals surface area contributed by atoms with Gasteiger partial charge in [0.1, 0.15) is 11.5 Å². The fourth-order valence-electron chi connectivity index (χ4n) is 2.75. The Balaban J connectivity index is 2.50. The third-order valence-corrected chi connectivity index (χ3v) is 3.68. The molecule has 0 amide bonds. The smallest absolute Gasteiger partial charge is 0.308 e. The summed E-state index contributed by atoms with van der Waals surface area (Å²) in [4.78, 5) is 23.2. The third-order valence-electron chi connectivity index (χ3n) is 3.68. The van der Waals surface area contributed by atoms with Crippen LogP contribution >= 0.6 is 0 Å². The molecule has 0 aliphatic carbocycles.